The molecule has 3 aliphatic carbocycles. The molecule has 5 atom stereocenters. The monoisotopic (exact) mass is 329 g/mol. The number of fused-ring (bicyclic) bond motifs is 5. The minimum absolute atomic E-state index is 0.0804. The Morgan fingerprint density at radius 2 is 2.12 bits per heavy atom. The Hall–Kier alpha value is -1.06. The maximum Gasteiger partial charge on any atom is 0.119 e. The van der Waals surface area contributed by atoms with Crippen molar-refractivity contribution in [3.63, 3.8) is 0 Å². The third-order valence-corrected chi connectivity index (χ3v) is 7.27. The largest absolute Gasteiger partial charge is 0.494 e. The van der Waals surface area contributed by atoms with Gasteiger partial charge in [-0.2, -0.15) is 0 Å². The van der Waals surface area contributed by atoms with Crippen molar-refractivity contribution in [2.45, 2.75) is 63.9 Å². The van der Waals surface area contributed by atoms with Crippen molar-refractivity contribution in [1.82, 2.24) is 0 Å². The molecule has 0 radical (unpaired) electrons. The summed E-state index contributed by atoms with van der Waals surface area (Å²) in [6, 6.07) is 6.73. The molecule has 2 saturated carbocycles. The maximum atomic E-state index is 10.5. The van der Waals surface area contributed by atoms with Gasteiger partial charge >= 0.3 is 0 Å². The fourth-order valence-electron chi connectivity index (χ4n) is 5.89. The van der Waals surface area contributed by atoms with Gasteiger partial charge in [-0.05, 0) is 97.9 Å². The minimum atomic E-state index is -0.0804. The third kappa shape index (κ3) is 2.57. The molecule has 3 N–H and O–H groups in total. The second kappa shape index (κ2) is 6.34. The normalized spacial score (nSPS) is 37.5. The Morgan fingerprint density at radius 1 is 1.25 bits per heavy atom. The summed E-state index contributed by atoms with van der Waals surface area (Å²) in [5.41, 5.74) is 8.76. The minimum Gasteiger partial charge on any atom is -0.494 e. The summed E-state index contributed by atoms with van der Waals surface area (Å²) in [4.78, 5) is 0. The summed E-state index contributed by atoms with van der Waals surface area (Å²) in [5, 5.41) is 10.5. The Kier molecular flexibility index (Phi) is 4.34. The van der Waals surface area contributed by atoms with E-state index in [4.69, 9.17) is 10.5 Å². The van der Waals surface area contributed by atoms with Crippen molar-refractivity contribution in [2.75, 3.05) is 13.2 Å². The van der Waals surface area contributed by atoms with Gasteiger partial charge in [0.2, 0.25) is 0 Å². The van der Waals surface area contributed by atoms with Crippen LogP contribution in [0.3, 0.4) is 0 Å². The molecule has 1 aromatic carbocycles. The van der Waals surface area contributed by atoms with Gasteiger partial charge in [0, 0.05) is 0 Å². The number of benzene rings is 1. The summed E-state index contributed by atoms with van der Waals surface area (Å²) in [5.74, 6) is 3.16. The second-order valence-electron chi connectivity index (χ2n) is 8.40. The van der Waals surface area contributed by atoms with Crippen LogP contribution in [0.1, 0.15) is 62.5 Å². The van der Waals surface area contributed by atoms with Crippen LogP contribution in [0.2, 0.25) is 0 Å². The Morgan fingerprint density at radius 3 is 2.96 bits per heavy atom. The molecule has 0 saturated heterocycles. The van der Waals surface area contributed by atoms with Crippen molar-refractivity contribution in [2.24, 2.45) is 23.0 Å². The molecular formula is C21H31NO2. The topological polar surface area (TPSA) is 55.5 Å². The van der Waals surface area contributed by atoms with E-state index in [-0.39, 0.29) is 11.5 Å². The second-order valence-corrected chi connectivity index (χ2v) is 8.40. The van der Waals surface area contributed by atoms with E-state index in [9.17, 15) is 5.11 Å². The molecule has 0 spiro atoms. The lowest BCUT2D eigenvalue weighted by atomic mass is 9.55. The molecule has 2 fully saturated rings. The van der Waals surface area contributed by atoms with E-state index in [2.05, 4.69) is 25.1 Å². The molecule has 3 aliphatic rings. The van der Waals surface area contributed by atoms with E-state index < -0.39 is 0 Å². The van der Waals surface area contributed by atoms with Gasteiger partial charge in [-0.15, -0.1) is 0 Å². The van der Waals surface area contributed by atoms with Crippen LogP contribution in [0, 0.1) is 17.3 Å². The number of nitrogens with two attached hydrogens (primary N) is 1. The van der Waals surface area contributed by atoms with Crippen molar-refractivity contribution in [3.05, 3.63) is 29.3 Å². The summed E-state index contributed by atoms with van der Waals surface area (Å²) in [7, 11) is 0. The Bertz CT molecular complexity index is 602. The molecule has 0 heterocycles. The fourth-order valence-corrected chi connectivity index (χ4v) is 5.89. The van der Waals surface area contributed by atoms with E-state index in [0.29, 0.717) is 25.0 Å². The first-order valence-electron chi connectivity index (χ1n) is 9.77. The van der Waals surface area contributed by atoms with E-state index in [1.54, 1.807) is 5.56 Å². The summed E-state index contributed by atoms with van der Waals surface area (Å²) in [6.07, 6.45) is 7.89. The zero-order valence-electron chi connectivity index (χ0n) is 14.8. The first kappa shape index (κ1) is 16.4. The average Bonchev–Trinajstić information content (AvgIpc) is 2.90. The number of hydrogen-bond donors (Lipinski definition) is 2. The Labute approximate surface area is 145 Å². The number of hydrogen-bond acceptors (Lipinski definition) is 3. The van der Waals surface area contributed by atoms with Gasteiger partial charge in [0.1, 0.15) is 5.75 Å². The highest BCUT2D eigenvalue weighted by atomic mass is 16.5. The fraction of sp³-hybridized carbons (Fsp3) is 0.714. The van der Waals surface area contributed by atoms with Gasteiger partial charge in [-0.25, -0.2) is 0 Å². The van der Waals surface area contributed by atoms with Crippen LogP contribution in [0.5, 0.6) is 5.75 Å². The zero-order chi connectivity index (χ0) is 16.7. The lowest BCUT2D eigenvalue weighted by Crippen LogP contribution is -2.43. The number of aliphatic hydroxyl groups excluding tert-OH is 1. The summed E-state index contributed by atoms with van der Waals surface area (Å²) >= 11 is 0. The van der Waals surface area contributed by atoms with Crippen LogP contribution in [0.25, 0.3) is 0 Å². The van der Waals surface area contributed by atoms with Gasteiger partial charge in [0.05, 0.1) is 12.7 Å². The van der Waals surface area contributed by atoms with Crippen molar-refractivity contribution < 1.29 is 9.84 Å². The molecule has 24 heavy (non-hydrogen) atoms. The van der Waals surface area contributed by atoms with Gasteiger partial charge in [-0.3, -0.25) is 0 Å². The molecule has 5 unspecified atom stereocenters. The molecule has 1 aromatic rings. The number of rotatable bonds is 4. The van der Waals surface area contributed by atoms with E-state index in [1.165, 1.54) is 31.2 Å². The summed E-state index contributed by atoms with van der Waals surface area (Å²) in [6.45, 7) is 3.73. The van der Waals surface area contributed by atoms with Gasteiger partial charge in [0.25, 0.3) is 0 Å². The molecule has 4 rings (SSSR count). The zero-order valence-corrected chi connectivity index (χ0v) is 14.8. The third-order valence-electron chi connectivity index (χ3n) is 7.27. The smallest absolute Gasteiger partial charge is 0.119 e. The van der Waals surface area contributed by atoms with Crippen LogP contribution in [0.15, 0.2) is 18.2 Å². The van der Waals surface area contributed by atoms with Gasteiger partial charge < -0.3 is 15.6 Å². The van der Waals surface area contributed by atoms with Crippen molar-refractivity contribution >= 4 is 0 Å². The highest BCUT2D eigenvalue weighted by Crippen LogP contribution is 2.60. The van der Waals surface area contributed by atoms with Crippen molar-refractivity contribution in [3.8, 4) is 5.75 Å². The predicted molar refractivity (Wildman–Crippen MR) is 96.2 cm³/mol. The number of aryl methyl sites for hydroxylation is 1. The summed E-state index contributed by atoms with van der Waals surface area (Å²) < 4.78 is 5.83. The first-order chi connectivity index (χ1) is 11.6. The molecule has 0 aliphatic heterocycles. The SMILES string of the molecule is CC12CCC3c4ccc(OCCCN)cc4CCC3C1CCC2O. The van der Waals surface area contributed by atoms with Gasteiger partial charge in [0.15, 0.2) is 0 Å². The van der Waals surface area contributed by atoms with Crippen LogP contribution in [-0.4, -0.2) is 24.4 Å². The quantitative estimate of drug-likeness (QED) is 0.829. The molecule has 0 bridgehead atoms. The van der Waals surface area contributed by atoms with Crippen LogP contribution < -0.4 is 10.5 Å². The van der Waals surface area contributed by atoms with Crippen molar-refractivity contribution in [1.29, 1.82) is 0 Å². The highest BCUT2D eigenvalue weighted by molar-refractivity contribution is 5.40. The number of ether oxygens (including phenoxy) is 1. The van der Waals surface area contributed by atoms with E-state index >= 15 is 0 Å². The van der Waals surface area contributed by atoms with E-state index in [1.807, 2.05) is 0 Å². The first-order valence-corrected chi connectivity index (χ1v) is 9.77. The standard InChI is InChI=1S/C21H31NO2/c1-21-10-9-17-16-6-4-15(24-12-2-11-22)13-14(16)3-5-18(17)19(21)7-8-20(21)23/h4,6,13,17-20,23H,2-3,5,7-12,22H2,1H3. The number of aliphatic hydroxyl groups is 1. The molecule has 132 valence electrons. The maximum absolute atomic E-state index is 10.5. The lowest BCUT2D eigenvalue weighted by Gasteiger charge is -2.50. The molecular weight excluding hydrogens is 298 g/mol. The molecule has 3 nitrogen and oxygen atoms in total. The Balaban J connectivity index is 1.55. The molecule has 0 aromatic heterocycles. The van der Waals surface area contributed by atoms with Crippen LogP contribution in [0.4, 0.5) is 0 Å². The van der Waals surface area contributed by atoms with Crippen LogP contribution in [-0.2, 0) is 6.42 Å². The highest BCUT2D eigenvalue weighted by Gasteiger charge is 2.54. The predicted octanol–water partition coefficient (Wildman–Crippen LogP) is 3.63. The van der Waals surface area contributed by atoms with Crippen LogP contribution >= 0.6 is 0 Å². The van der Waals surface area contributed by atoms with E-state index in [0.717, 1.165) is 30.9 Å². The molecule has 0 amide bonds. The average molecular weight is 329 g/mol. The van der Waals surface area contributed by atoms with Gasteiger partial charge in [-0.1, -0.05) is 13.0 Å². The molecule has 3 heteroatoms. The lowest BCUT2D eigenvalue weighted by molar-refractivity contribution is -0.0226.